The van der Waals surface area contributed by atoms with Crippen LogP contribution >= 0.6 is 0 Å². The van der Waals surface area contributed by atoms with Crippen LogP contribution < -0.4 is 0 Å². The van der Waals surface area contributed by atoms with Crippen LogP contribution in [-0.4, -0.2) is 28.8 Å². The Morgan fingerprint density at radius 2 is 1.58 bits per heavy atom. The number of carboxylic acid groups (broad SMARTS) is 1. The minimum atomic E-state index is -4.48. The van der Waals surface area contributed by atoms with Crippen LogP contribution in [0.1, 0.15) is 33.6 Å². The molecule has 0 amide bonds. The molecule has 1 N–H and O–H groups in total. The molecule has 0 aromatic rings. The van der Waals surface area contributed by atoms with Crippen molar-refractivity contribution in [1.29, 1.82) is 0 Å². The van der Waals surface area contributed by atoms with Gasteiger partial charge in [0.1, 0.15) is 5.60 Å². The van der Waals surface area contributed by atoms with E-state index in [-0.39, 0.29) is 0 Å². The first kappa shape index (κ1) is 15.8. The summed E-state index contributed by atoms with van der Waals surface area (Å²) in [7, 11) is 0. The standard InChI is InChI=1S/C12H17F3O4/c1-11(2,3)19-10(18)8-5-6(12(13,14)15)4-7(8)9(16)17/h6-8H,4-5H2,1-3H3,(H,16,17)/t6-,7-,8?/m1/s1. The number of rotatable bonds is 2. The molecule has 19 heavy (non-hydrogen) atoms. The second-order valence-electron chi connectivity index (χ2n) is 5.79. The average molecular weight is 282 g/mol. The number of carbonyl (C=O) groups excluding carboxylic acids is 1. The monoisotopic (exact) mass is 282 g/mol. The molecule has 4 nitrogen and oxygen atoms in total. The Balaban J connectivity index is 2.86. The van der Waals surface area contributed by atoms with Gasteiger partial charge in [-0.3, -0.25) is 9.59 Å². The third-order valence-electron chi connectivity index (χ3n) is 3.05. The SMILES string of the molecule is CC(C)(C)OC(=O)C1C[C@H](C(F)(F)F)C[C@H]1C(=O)O. The van der Waals surface area contributed by atoms with Gasteiger partial charge in [0.15, 0.2) is 0 Å². The van der Waals surface area contributed by atoms with Gasteiger partial charge in [0, 0.05) is 0 Å². The summed E-state index contributed by atoms with van der Waals surface area (Å²) in [5, 5.41) is 8.94. The molecule has 0 spiro atoms. The van der Waals surface area contributed by atoms with E-state index < -0.39 is 54.3 Å². The molecule has 1 saturated carbocycles. The Kier molecular flexibility index (Phi) is 4.17. The fourth-order valence-corrected chi connectivity index (χ4v) is 2.22. The van der Waals surface area contributed by atoms with E-state index in [0.717, 1.165) is 0 Å². The number of carboxylic acids is 1. The maximum absolute atomic E-state index is 12.6. The lowest BCUT2D eigenvalue weighted by molar-refractivity contribution is -0.175. The zero-order valence-corrected chi connectivity index (χ0v) is 11.0. The van der Waals surface area contributed by atoms with Crippen molar-refractivity contribution < 1.29 is 32.6 Å². The minimum Gasteiger partial charge on any atom is -0.481 e. The Hall–Kier alpha value is -1.27. The maximum Gasteiger partial charge on any atom is 0.391 e. The van der Waals surface area contributed by atoms with Gasteiger partial charge in [-0.2, -0.15) is 13.2 Å². The van der Waals surface area contributed by atoms with Crippen molar-refractivity contribution in [3.05, 3.63) is 0 Å². The predicted octanol–water partition coefficient (Wildman–Crippen LogP) is 2.62. The zero-order chi connectivity index (χ0) is 15.0. The highest BCUT2D eigenvalue weighted by atomic mass is 19.4. The molecule has 110 valence electrons. The molecule has 7 heteroatoms. The highest BCUT2D eigenvalue weighted by Gasteiger charge is 2.53. The molecule has 0 heterocycles. The van der Waals surface area contributed by atoms with Gasteiger partial charge in [-0.25, -0.2) is 0 Å². The number of aliphatic carboxylic acids is 1. The summed E-state index contributed by atoms with van der Waals surface area (Å²) in [6.07, 6.45) is -5.57. The molecule has 1 aliphatic carbocycles. The van der Waals surface area contributed by atoms with Gasteiger partial charge >= 0.3 is 18.1 Å². The van der Waals surface area contributed by atoms with Crippen LogP contribution in [0, 0.1) is 17.8 Å². The van der Waals surface area contributed by atoms with Crippen molar-refractivity contribution in [3.63, 3.8) is 0 Å². The largest absolute Gasteiger partial charge is 0.481 e. The zero-order valence-electron chi connectivity index (χ0n) is 11.0. The van der Waals surface area contributed by atoms with E-state index in [1.165, 1.54) is 0 Å². The lowest BCUT2D eigenvalue weighted by atomic mass is 9.96. The summed E-state index contributed by atoms with van der Waals surface area (Å²) >= 11 is 0. The summed E-state index contributed by atoms with van der Waals surface area (Å²) in [5.41, 5.74) is -0.851. The molecule has 1 aliphatic rings. The van der Waals surface area contributed by atoms with Crippen molar-refractivity contribution in [2.45, 2.75) is 45.4 Å². The second-order valence-corrected chi connectivity index (χ2v) is 5.79. The van der Waals surface area contributed by atoms with Gasteiger partial charge in [0.25, 0.3) is 0 Å². The third kappa shape index (κ3) is 4.11. The van der Waals surface area contributed by atoms with Crippen molar-refractivity contribution in [2.75, 3.05) is 0 Å². The van der Waals surface area contributed by atoms with Crippen molar-refractivity contribution in [3.8, 4) is 0 Å². The van der Waals surface area contributed by atoms with E-state index in [2.05, 4.69) is 0 Å². The number of carbonyl (C=O) groups is 2. The number of ether oxygens (including phenoxy) is 1. The molecular weight excluding hydrogens is 265 g/mol. The van der Waals surface area contributed by atoms with Crippen LogP contribution in [0.5, 0.6) is 0 Å². The molecule has 1 unspecified atom stereocenters. The van der Waals surface area contributed by atoms with Gasteiger partial charge in [0.2, 0.25) is 0 Å². The van der Waals surface area contributed by atoms with Gasteiger partial charge < -0.3 is 9.84 Å². The average Bonchev–Trinajstić information content (AvgIpc) is 2.57. The molecule has 1 fully saturated rings. The first-order valence-corrected chi connectivity index (χ1v) is 5.94. The van der Waals surface area contributed by atoms with E-state index >= 15 is 0 Å². The summed E-state index contributed by atoms with van der Waals surface area (Å²) in [5.74, 6) is -6.58. The van der Waals surface area contributed by atoms with Crippen LogP contribution in [-0.2, 0) is 14.3 Å². The molecule has 0 aromatic carbocycles. The minimum absolute atomic E-state index is 0.518. The maximum atomic E-state index is 12.6. The lowest BCUT2D eigenvalue weighted by Gasteiger charge is -2.23. The summed E-state index contributed by atoms with van der Waals surface area (Å²) < 4.78 is 42.9. The van der Waals surface area contributed by atoms with Crippen LogP contribution in [0.3, 0.4) is 0 Å². The first-order valence-electron chi connectivity index (χ1n) is 5.94. The molecule has 0 aliphatic heterocycles. The lowest BCUT2D eigenvalue weighted by Crippen LogP contribution is -2.32. The van der Waals surface area contributed by atoms with Gasteiger partial charge in [0.05, 0.1) is 17.8 Å². The van der Waals surface area contributed by atoms with Crippen LogP contribution in [0.25, 0.3) is 0 Å². The predicted molar refractivity (Wildman–Crippen MR) is 59.2 cm³/mol. The summed E-state index contributed by atoms with van der Waals surface area (Å²) in [4.78, 5) is 22.8. The second kappa shape index (κ2) is 5.02. The Labute approximate surface area is 108 Å². The van der Waals surface area contributed by atoms with Crippen molar-refractivity contribution in [1.82, 2.24) is 0 Å². The summed E-state index contributed by atoms with van der Waals surface area (Å²) in [6, 6.07) is 0. The normalized spacial score (nSPS) is 28.2. The molecule has 3 atom stereocenters. The summed E-state index contributed by atoms with van der Waals surface area (Å²) in [6.45, 7) is 4.74. The van der Waals surface area contributed by atoms with Gasteiger partial charge in [-0.1, -0.05) is 0 Å². The molecular formula is C12H17F3O4. The molecule has 0 bridgehead atoms. The van der Waals surface area contributed by atoms with E-state index in [1.807, 2.05) is 0 Å². The highest BCUT2D eigenvalue weighted by Crippen LogP contribution is 2.45. The fraction of sp³-hybridized carbons (Fsp3) is 0.833. The van der Waals surface area contributed by atoms with E-state index in [4.69, 9.17) is 9.84 Å². The molecule has 0 aromatic heterocycles. The fourth-order valence-electron chi connectivity index (χ4n) is 2.22. The number of esters is 1. The Bertz CT molecular complexity index is 370. The quantitative estimate of drug-likeness (QED) is 0.791. The highest BCUT2D eigenvalue weighted by molar-refractivity contribution is 5.82. The van der Waals surface area contributed by atoms with E-state index in [9.17, 15) is 22.8 Å². The smallest absolute Gasteiger partial charge is 0.391 e. The number of halogens is 3. The first-order chi connectivity index (χ1) is 8.42. The topological polar surface area (TPSA) is 63.6 Å². The van der Waals surface area contributed by atoms with Crippen molar-refractivity contribution >= 4 is 11.9 Å². The van der Waals surface area contributed by atoms with E-state index in [0.29, 0.717) is 0 Å². The van der Waals surface area contributed by atoms with Crippen LogP contribution in [0.15, 0.2) is 0 Å². The Morgan fingerprint density at radius 3 is 1.95 bits per heavy atom. The number of hydrogen-bond acceptors (Lipinski definition) is 3. The van der Waals surface area contributed by atoms with Gasteiger partial charge in [-0.05, 0) is 33.6 Å². The third-order valence-corrected chi connectivity index (χ3v) is 3.05. The van der Waals surface area contributed by atoms with Crippen LogP contribution in [0.4, 0.5) is 13.2 Å². The van der Waals surface area contributed by atoms with Crippen molar-refractivity contribution in [2.24, 2.45) is 17.8 Å². The van der Waals surface area contributed by atoms with Gasteiger partial charge in [-0.15, -0.1) is 0 Å². The molecule has 0 radical (unpaired) electrons. The molecule has 0 saturated heterocycles. The Morgan fingerprint density at radius 1 is 1.11 bits per heavy atom. The van der Waals surface area contributed by atoms with E-state index in [1.54, 1.807) is 20.8 Å². The number of hydrogen-bond donors (Lipinski definition) is 1. The number of alkyl halides is 3. The molecule has 1 rings (SSSR count). The van der Waals surface area contributed by atoms with Crippen LogP contribution in [0.2, 0.25) is 0 Å².